The van der Waals surface area contributed by atoms with Crippen LogP contribution in [0.15, 0.2) is 54.2 Å². The summed E-state index contributed by atoms with van der Waals surface area (Å²) in [6, 6.07) is 11.6. The first kappa shape index (κ1) is 19.7. The lowest BCUT2D eigenvalue weighted by Gasteiger charge is -2.30. The van der Waals surface area contributed by atoms with Gasteiger partial charge in [0.05, 0.1) is 0 Å². The smallest absolute Gasteiger partial charge is 0.339 e. The van der Waals surface area contributed by atoms with Crippen LogP contribution in [-0.4, -0.2) is 24.0 Å². The molecular weight excluding hydrogens is 369 g/mol. The van der Waals surface area contributed by atoms with Gasteiger partial charge in [-0.2, -0.15) is 13.2 Å². The highest BCUT2D eigenvalue weighted by atomic mass is 19.4. The van der Waals surface area contributed by atoms with Crippen LogP contribution in [0, 0.1) is 13.8 Å². The number of alkyl halides is 3. The molecule has 1 aliphatic heterocycles. The Balaban J connectivity index is 2.04. The predicted octanol–water partition coefficient (Wildman–Crippen LogP) is 3.90. The van der Waals surface area contributed by atoms with Crippen LogP contribution in [0.3, 0.4) is 0 Å². The molecule has 0 aliphatic carbocycles. The SMILES string of the molecule is Cc1ccc(C2=C(NC(=O)c3ccccc3C)C(=O)NC(C(F)(F)F)C2)cc1. The third-order valence-corrected chi connectivity index (χ3v) is 4.67. The fourth-order valence-electron chi connectivity index (χ4n) is 3.08. The second kappa shape index (κ2) is 7.50. The number of halogens is 3. The summed E-state index contributed by atoms with van der Waals surface area (Å²) in [4.78, 5) is 25.1. The Morgan fingerprint density at radius 2 is 1.71 bits per heavy atom. The number of carbonyl (C=O) groups excluding carboxylic acids is 2. The molecule has 7 heteroatoms. The fraction of sp³-hybridized carbons (Fsp3) is 0.238. The molecule has 0 bridgehead atoms. The summed E-state index contributed by atoms with van der Waals surface area (Å²) in [7, 11) is 0. The molecule has 1 heterocycles. The third-order valence-electron chi connectivity index (χ3n) is 4.67. The van der Waals surface area contributed by atoms with Crippen molar-refractivity contribution in [3.8, 4) is 0 Å². The van der Waals surface area contributed by atoms with E-state index in [1.54, 1.807) is 55.5 Å². The van der Waals surface area contributed by atoms with Gasteiger partial charge in [-0.15, -0.1) is 0 Å². The summed E-state index contributed by atoms with van der Waals surface area (Å²) in [6.07, 6.45) is -5.04. The van der Waals surface area contributed by atoms with E-state index in [-0.39, 0.29) is 11.3 Å². The van der Waals surface area contributed by atoms with E-state index in [9.17, 15) is 22.8 Å². The van der Waals surface area contributed by atoms with Gasteiger partial charge in [-0.1, -0.05) is 48.0 Å². The van der Waals surface area contributed by atoms with E-state index in [2.05, 4.69) is 5.32 Å². The average molecular weight is 388 g/mol. The zero-order valence-electron chi connectivity index (χ0n) is 15.4. The number of hydrogen-bond donors (Lipinski definition) is 2. The van der Waals surface area contributed by atoms with Crippen molar-refractivity contribution in [3.05, 3.63) is 76.5 Å². The van der Waals surface area contributed by atoms with Gasteiger partial charge in [0, 0.05) is 12.0 Å². The van der Waals surface area contributed by atoms with E-state index in [4.69, 9.17) is 0 Å². The zero-order chi connectivity index (χ0) is 20.5. The highest BCUT2D eigenvalue weighted by Crippen LogP contribution is 2.34. The molecule has 0 saturated heterocycles. The average Bonchev–Trinajstić information content (AvgIpc) is 2.63. The Morgan fingerprint density at radius 1 is 1.07 bits per heavy atom. The monoisotopic (exact) mass is 388 g/mol. The van der Waals surface area contributed by atoms with Crippen molar-refractivity contribution in [2.45, 2.75) is 32.5 Å². The molecular formula is C21H19F3N2O2. The van der Waals surface area contributed by atoms with E-state index < -0.39 is 30.5 Å². The molecule has 28 heavy (non-hydrogen) atoms. The maximum atomic E-state index is 13.3. The molecule has 0 aromatic heterocycles. The van der Waals surface area contributed by atoms with Crippen molar-refractivity contribution in [2.24, 2.45) is 0 Å². The molecule has 0 fully saturated rings. The highest BCUT2D eigenvalue weighted by Gasteiger charge is 2.45. The van der Waals surface area contributed by atoms with Gasteiger partial charge in [-0.05, 0) is 36.6 Å². The van der Waals surface area contributed by atoms with Gasteiger partial charge in [0.1, 0.15) is 11.7 Å². The minimum Gasteiger partial charge on any atom is -0.339 e. The summed E-state index contributed by atoms with van der Waals surface area (Å²) >= 11 is 0. The molecule has 1 aliphatic rings. The molecule has 2 N–H and O–H groups in total. The summed E-state index contributed by atoms with van der Waals surface area (Å²) in [5.41, 5.74) is 2.45. The van der Waals surface area contributed by atoms with E-state index in [0.717, 1.165) is 5.56 Å². The van der Waals surface area contributed by atoms with Crippen LogP contribution in [0.4, 0.5) is 13.2 Å². The molecule has 146 valence electrons. The summed E-state index contributed by atoms with van der Waals surface area (Å²) in [6.45, 7) is 3.59. The third kappa shape index (κ3) is 4.08. The Kier molecular flexibility index (Phi) is 5.27. The molecule has 1 unspecified atom stereocenters. The molecule has 2 amide bonds. The number of aryl methyl sites for hydroxylation is 2. The summed E-state index contributed by atoms with van der Waals surface area (Å²) in [5.74, 6) is -1.50. The van der Waals surface area contributed by atoms with Crippen LogP contribution in [0.1, 0.15) is 33.5 Å². The van der Waals surface area contributed by atoms with Gasteiger partial charge in [-0.3, -0.25) is 9.59 Å². The minimum absolute atomic E-state index is 0.155. The first-order valence-electron chi connectivity index (χ1n) is 8.71. The van der Waals surface area contributed by atoms with Gasteiger partial charge in [0.15, 0.2) is 0 Å². The molecule has 2 aromatic rings. The number of carbonyl (C=O) groups is 2. The van der Waals surface area contributed by atoms with Gasteiger partial charge in [-0.25, -0.2) is 0 Å². The predicted molar refractivity (Wildman–Crippen MR) is 99.3 cm³/mol. The fourth-order valence-corrected chi connectivity index (χ4v) is 3.08. The number of rotatable bonds is 3. The Hall–Kier alpha value is -3.09. The van der Waals surface area contributed by atoms with Crippen LogP contribution >= 0.6 is 0 Å². The van der Waals surface area contributed by atoms with Gasteiger partial charge in [0.2, 0.25) is 0 Å². The summed E-state index contributed by atoms with van der Waals surface area (Å²) in [5, 5.41) is 4.47. The number of hydrogen-bond acceptors (Lipinski definition) is 2. The van der Waals surface area contributed by atoms with Crippen LogP contribution in [-0.2, 0) is 4.79 Å². The second-order valence-electron chi connectivity index (χ2n) is 6.76. The van der Waals surface area contributed by atoms with Gasteiger partial charge >= 0.3 is 6.18 Å². The van der Waals surface area contributed by atoms with Crippen molar-refractivity contribution < 1.29 is 22.8 Å². The molecule has 4 nitrogen and oxygen atoms in total. The molecule has 0 radical (unpaired) electrons. The van der Waals surface area contributed by atoms with E-state index in [1.807, 2.05) is 12.2 Å². The first-order chi connectivity index (χ1) is 13.2. The molecule has 2 aromatic carbocycles. The van der Waals surface area contributed by atoms with E-state index >= 15 is 0 Å². The Morgan fingerprint density at radius 3 is 2.32 bits per heavy atom. The Labute approximate surface area is 160 Å². The van der Waals surface area contributed by atoms with E-state index in [0.29, 0.717) is 16.7 Å². The van der Waals surface area contributed by atoms with Crippen molar-refractivity contribution in [1.82, 2.24) is 10.6 Å². The number of amides is 2. The first-order valence-corrected chi connectivity index (χ1v) is 8.71. The lowest BCUT2D eigenvalue weighted by molar-refractivity contribution is -0.160. The zero-order valence-corrected chi connectivity index (χ0v) is 15.4. The van der Waals surface area contributed by atoms with Crippen molar-refractivity contribution in [3.63, 3.8) is 0 Å². The normalized spacial score (nSPS) is 17.3. The standard InChI is InChI=1S/C21H19F3N2O2/c1-12-7-9-14(10-8-12)16-11-17(21(22,23)24)25-20(28)18(16)26-19(27)15-6-4-3-5-13(15)2/h3-10,17H,11H2,1-2H3,(H,25,28)(H,26,27). The quantitative estimate of drug-likeness (QED) is 0.838. The molecule has 1 atom stereocenters. The van der Waals surface area contributed by atoms with Crippen LogP contribution < -0.4 is 10.6 Å². The maximum Gasteiger partial charge on any atom is 0.408 e. The molecule has 0 spiro atoms. The largest absolute Gasteiger partial charge is 0.408 e. The Bertz CT molecular complexity index is 947. The number of benzene rings is 2. The van der Waals surface area contributed by atoms with Crippen LogP contribution in [0.5, 0.6) is 0 Å². The molecule has 0 saturated carbocycles. The van der Waals surface area contributed by atoms with Crippen molar-refractivity contribution >= 4 is 17.4 Å². The lowest BCUT2D eigenvalue weighted by Crippen LogP contribution is -2.51. The topological polar surface area (TPSA) is 58.2 Å². The van der Waals surface area contributed by atoms with Gasteiger partial charge in [0.25, 0.3) is 11.8 Å². The van der Waals surface area contributed by atoms with Gasteiger partial charge < -0.3 is 10.6 Å². The van der Waals surface area contributed by atoms with Crippen molar-refractivity contribution in [2.75, 3.05) is 0 Å². The highest BCUT2D eigenvalue weighted by molar-refractivity contribution is 6.08. The van der Waals surface area contributed by atoms with Crippen LogP contribution in [0.25, 0.3) is 5.57 Å². The minimum atomic E-state index is -4.59. The van der Waals surface area contributed by atoms with Crippen LogP contribution in [0.2, 0.25) is 0 Å². The number of nitrogens with one attached hydrogen (secondary N) is 2. The lowest BCUT2D eigenvalue weighted by atomic mass is 9.92. The van der Waals surface area contributed by atoms with E-state index in [1.165, 1.54) is 0 Å². The molecule has 3 rings (SSSR count). The summed E-state index contributed by atoms with van der Waals surface area (Å²) < 4.78 is 39.8. The maximum absolute atomic E-state index is 13.3. The van der Waals surface area contributed by atoms with Crippen molar-refractivity contribution in [1.29, 1.82) is 0 Å². The second-order valence-corrected chi connectivity index (χ2v) is 6.76.